The highest BCUT2D eigenvalue weighted by atomic mass is 32.2. The van der Waals surface area contributed by atoms with E-state index >= 15 is 0 Å². The van der Waals surface area contributed by atoms with Gasteiger partial charge in [-0.25, -0.2) is 23.1 Å². The van der Waals surface area contributed by atoms with E-state index in [-0.39, 0.29) is 64.8 Å². The van der Waals surface area contributed by atoms with Crippen LogP contribution in [0.15, 0.2) is 65.8 Å². The largest absolute Gasteiger partial charge is 0.475 e. The molecule has 0 spiro atoms. The molecule has 2 aromatic heterocycles. The molecule has 3 aliphatic rings. The highest BCUT2D eigenvalue weighted by Crippen LogP contribution is 2.35. The summed E-state index contributed by atoms with van der Waals surface area (Å²) in [7, 11) is -2.36. The molecule has 0 saturated carbocycles. The van der Waals surface area contributed by atoms with Crippen LogP contribution < -0.4 is 14.4 Å². The summed E-state index contributed by atoms with van der Waals surface area (Å²) in [5.41, 5.74) is 3.81. The van der Waals surface area contributed by atoms with Gasteiger partial charge in [0.1, 0.15) is 12.4 Å². The number of sulfonamides is 1. The Kier molecular flexibility index (Phi) is 9.14. The Balaban J connectivity index is 1.30. The summed E-state index contributed by atoms with van der Waals surface area (Å²) < 4.78 is 36.5. The molecule has 7 rings (SSSR count). The third kappa shape index (κ3) is 7.03. The predicted octanol–water partition coefficient (Wildman–Crippen LogP) is 5.00. The Bertz CT molecular complexity index is 2130. The molecule has 2 saturated heterocycles. The molecule has 2 unspecified atom stereocenters. The fourth-order valence-corrected chi connectivity index (χ4v) is 8.65. The molecule has 3 aliphatic heterocycles. The minimum atomic E-state index is -4.21. The van der Waals surface area contributed by atoms with Gasteiger partial charge in [-0.3, -0.25) is 14.6 Å². The number of likely N-dealkylation sites (tertiary alicyclic amines) is 1. The van der Waals surface area contributed by atoms with E-state index in [2.05, 4.69) is 45.3 Å². The van der Waals surface area contributed by atoms with E-state index < -0.39 is 16.1 Å². The lowest BCUT2D eigenvalue weighted by Crippen LogP contribution is -2.45. The van der Waals surface area contributed by atoms with E-state index in [0.29, 0.717) is 30.0 Å². The van der Waals surface area contributed by atoms with Crippen LogP contribution in [-0.4, -0.2) is 88.3 Å². The zero-order valence-corrected chi connectivity index (χ0v) is 31.1. The molecule has 14 heteroatoms. The van der Waals surface area contributed by atoms with Crippen LogP contribution >= 0.6 is 0 Å². The number of carbonyl (C=O) groups excluding carboxylic acids is 2. The van der Waals surface area contributed by atoms with E-state index in [0.717, 1.165) is 29.7 Å². The van der Waals surface area contributed by atoms with Gasteiger partial charge < -0.3 is 19.4 Å². The number of fused-ring (bicyclic) bond motifs is 5. The van der Waals surface area contributed by atoms with Gasteiger partial charge in [0.15, 0.2) is 0 Å². The molecule has 0 aliphatic carbocycles. The van der Waals surface area contributed by atoms with E-state index in [1.807, 2.05) is 44.0 Å². The molecule has 272 valence electrons. The van der Waals surface area contributed by atoms with Crippen LogP contribution in [0.3, 0.4) is 0 Å². The van der Waals surface area contributed by atoms with Crippen molar-refractivity contribution in [2.75, 3.05) is 29.8 Å². The van der Waals surface area contributed by atoms with Crippen LogP contribution in [0.1, 0.15) is 67.2 Å². The zero-order valence-electron chi connectivity index (χ0n) is 30.3. The number of benzene rings is 2. The molecule has 4 bridgehead atoms. The highest BCUT2D eigenvalue weighted by Gasteiger charge is 2.45. The molecular formula is C38H44N8O5S. The SMILES string of the molecule is Cc1cccc(C)c1-c1cc2nc(n1)NS(=O)(=O)c1cccc(c1)C(=O)N(Cc1cncc(N3CCC4C3CC(=O)N4C)n1)[C@H](CC(C)(C)C)CO2. The fraction of sp³-hybridized carbons (Fsp3) is 0.421. The summed E-state index contributed by atoms with van der Waals surface area (Å²) in [6.07, 6.45) is 5.16. The molecule has 5 heterocycles. The normalized spacial score (nSPS) is 21.5. The number of hydrogen-bond donors (Lipinski definition) is 1. The van der Waals surface area contributed by atoms with Crippen molar-refractivity contribution in [2.45, 2.75) is 83.4 Å². The number of anilines is 2. The number of likely N-dealkylation sites (N-methyl/N-ethyl adjacent to an activating group) is 1. The number of aromatic nitrogens is 4. The van der Waals surface area contributed by atoms with Crippen LogP contribution in [0.25, 0.3) is 11.3 Å². The molecule has 1 N–H and O–H groups in total. The quantitative estimate of drug-likeness (QED) is 0.298. The summed E-state index contributed by atoms with van der Waals surface area (Å²) in [5.74, 6) is 0.429. The van der Waals surface area contributed by atoms with E-state index in [1.54, 1.807) is 35.5 Å². The number of ether oxygens (including phenoxy) is 1. The van der Waals surface area contributed by atoms with E-state index in [9.17, 15) is 18.0 Å². The minimum Gasteiger partial charge on any atom is -0.475 e. The van der Waals surface area contributed by atoms with Gasteiger partial charge in [-0.05, 0) is 61.4 Å². The van der Waals surface area contributed by atoms with Crippen molar-refractivity contribution in [2.24, 2.45) is 5.41 Å². The Labute approximate surface area is 304 Å². The average molecular weight is 725 g/mol. The summed E-state index contributed by atoms with van der Waals surface area (Å²) in [6, 6.07) is 13.2. The molecular weight excluding hydrogens is 681 g/mol. The third-order valence-corrected chi connectivity index (χ3v) is 11.4. The maximum atomic E-state index is 14.6. The molecule has 2 aromatic carbocycles. The Morgan fingerprint density at radius 3 is 2.46 bits per heavy atom. The first-order valence-electron chi connectivity index (χ1n) is 17.5. The van der Waals surface area contributed by atoms with Crippen LogP contribution in [-0.2, 0) is 21.4 Å². The minimum absolute atomic E-state index is 0.0145. The van der Waals surface area contributed by atoms with Gasteiger partial charge in [0.2, 0.25) is 17.7 Å². The molecule has 0 radical (unpaired) electrons. The van der Waals surface area contributed by atoms with Crippen molar-refractivity contribution in [3.05, 3.63) is 83.3 Å². The Hall–Kier alpha value is -5.11. The number of rotatable bonds is 5. The van der Waals surface area contributed by atoms with Gasteiger partial charge in [0.25, 0.3) is 15.9 Å². The second-order valence-corrected chi connectivity index (χ2v) is 16.9. The van der Waals surface area contributed by atoms with Gasteiger partial charge in [-0.15, -0.1) is 0 Å². The lowest BCUT2D eigenvalue weighted by Gasteiger charge is -2.35. The van der Waals surface area contributed by atoms with Gasteiger partial charge in [0, 0.05) is 37.2 Å². The van der Waals surface area contributed by atoms with Crippen molar-refractivity contribution in [1.82, 2.24) is 29.7 Å². The fourth-order valence-electron chi connectivity index (χ4n) is 7.66. The highest BCUT2D eigenvalue weighted by molar-refractivity contribution is 7.92. The monoisotopic (exact) mass is 724 g/mol. The van der Waals surface area contributed by atoms with Crippen molar-refractivity contribution in [3.63, 3.8) is 0 Å². The first kappa shape index (κ1) is 35.3. The van der Waals surface area contributed by atoms with Crippen molar-refractivity contribution < 1.29 is 22.7 Å². The van der Waals surface area contributed by atoms with Gasteiger partial charge in [-0.1, -0.05) is 45.0 Å². The van der Waals surface area contributed by atoms with E-state index in [4.69, 9.17) is 9.72 Å². The zero-order chi connectivity index (χ0) is 36.9. The predicted molar refractivity (Wildman–Crippen MR) is 196 cm³/mol. The molecule has 4 aromatic rings. The number of aryl methyl sites for hydroxylation is 2. The average Bonchev–Trinajstić information content (AvgIpc) is 3.62. The molecule has 52 heavy (non-hydrogen) atoms. The summed E-state index contributed by atoms with van der Waals surface area (Å²) in [4.78, 5) is 51.3. The maximum absolute atomic E-state index is 14.6. The van der Waals surface area contributed by atoms with Gasteiger partial charge >= 0.3 is 0 Å². The smallest absolute Gasteiger partial charge is 0.264 e. The second kappa shape index (κ2) is 13.5. The molecule has 3 atom stereocenters. The molecule has 2 fully saturated rings. The van der Waals surface area contributed by atoms with Gasteiger partial charge in [-0.2, -0.15) is 4.98 Å². The summed E-state index contributed by atoms with van der Waals surface area (Å²) >= 11 is 0. The van der Waals surface area contributed by atoms with Crippen LogP contribution in [0.2, 0.25) is 0 Å². The molecule has 2 amide bonds. The topological polar surface area (TPSA) is 151 Å². The van der Waals surface area contributed by atoms with Gasteiger partial charge in [0.05, 0.1) is 53.3 Å². The number of carbonyl (C=O) groups is 2. The Morgan fingerprint density at radius 1 is 0.962 bits per heavy atom. The summed E-state index contributed by atoms with van der Waals surface area (Å²) in [6.45, 7) is 11.1. The second-order valence-electron chi connectivity index (χ2n) is 15.2. The lowest BCUT2D eigenvalue weighted by atomic mass is 9.87. The third-order valence-electron chi connectivity index (χ3n) is 10.1. The number of amides is 2. The Morgan fingerprint density at radius 2 is 1.71 bits per heavy atom. The van der Waals surface area contributed by atoms with Crippen molar-refractivity contribution >= 4 is 33.6 Å². The van der Waals surface area contributed by atoms with Crippen molar-refractivity contribution in [3.8, 4) is 17.1 Å². The summed E-state index contributed by atoms with van der Waals surface area (Å²) in [5, 5.41) is 0. The number of nitrogens with zero attached hydrogens (tertiary/aromatic N) is 7. The molecule has 13 nitrogen and oxygen atoms in total. The maximum Gasteiger partial charge on any atom is 0.264 e. The first-order valence-corrected chi connectivity index (χ1v) is 19.0. The van der Waals surface area contributed by atoms with Crippen molar-refractivity contribution in [1.29, 1.82) is 0 Å². The number of nitrogens with one attached hydrogen (secondary N) is 1. The first-order chi connectivity index (χ1) is 24.7. The van der Waals surface area contributed by atoms with Crippen LogP contribution in [0.5, 0.6) is 5.88 Å². The lowest BCUT2D eigenvalue weighted by molar-refractivity contribution is -0.127. The van der Waals surface area contributed by atoms with Crippen LogP contribution in [0, 0.1) is 19.3 Å². The van der Waals surface area contributed by atoms with Crippen LogP contribution in [0.4, 0.5) is 11.8 Å². The van der Waals surface area contributed by atoms with E-state index in [1.165, 1.54) is 12.1 Å². The standard InChI is InChI=1S/C38H44N8O5S/c1-23-9-7-10-24(2)35(23)29-16-33-42-37(41-29)43-52(49,50)28-12-8-11-25(15-28)36(48)46(27(22-51-33)18-38(3,4)5)21-26-19-39-20-32(40-26)45-14-13-30-31(45)17-34(47)44(30)6/h7-12,15-16,19-20,27,30-31H,13-14,17-18,21-22H2,1-6H3,(H,41,42,43)/t27-,30?,31?/m1/s1. The number of hydrogen-bond acceptors (Lipinski definition) is 10.